The fraction of sp³-hybridized carbons (Fsp3) is 0.391. The predicted octanol–water partition coefficient (Wildman–Crippen LogP) is 4.70. The molecule has 0 aliphatic heterocycles. The van der Waals surface area contributed by atoms with Gasteiger partial charge in [0.15, 0.2) is 0 Å². The Kier molecular flexibility index (Phi) is 9.66. The zero-order chi connectivity index (χ0) is 25.8. The van der Waals surface area contributed by atoms with E-state index in [1.54, 1.807) is 49.4 Å². The molecule has 0 aliphatic carbocycles. The maximum absolute atomic E-state index is 13.5. The van der Waals surface area contributed by atoms with E-state index in [2.05, 4.69) is 27.9 Å². The van der Waals surface area contributed by atoms with Gasteiger partial charge in [-0.2, -0.15) is 0 Å². The van der Waals surface area contributed by atoms with Crippen molar-refractivity contribution in [3.63, 3.8) is 0 Å². The van der Waals surface area contributed by atoms with E-state index in [0.29, 0.717) is 21.3 Å². The number of anilines is 1. The third-order valence-corrected chi connectivity index (χ3v) is 7.26. The number of amides is 2. The minimum Gasteiger partial charge on any atom is -0.350 e. The lowest BCUT2D eigenvalue weighted by molar-refractivity contribution is -0.140. The Hall–Kier alpha value is -1.56. The lowest BCUT2D eigenvalue weighted by atomic mass is 10.1. The van der Waals surface area contributed by atoms with Crippen molar-refractivity contribution in [2.45, 2.75) is 45.8 Å². The molecule has 0 saturated heterocycles. The highest BCUT2D eigenvalue weighted by Gasteiger charge is 2.31. The SMILES string of the molecule is C[C@H](C(=O)NC(C)(C)C)N(Cc1ccc(Cl)cc1Cl)C(=O)CN(c1ccc(I)cc1)S(C)(=O)=O. The summed E-state index contributed by atoms with van der Waals surface area (Å²) in [5, 5.41) is 3.64. The van der Waals surface area contributed by atoms with Crippen LogP contribution in [-0.4, -0.2) is 49.5 Å². The molecular formula is C23H28Cl2IN3O4S. The molecule has 34 heavy (non-hydrogen) atoms. The second kappa shape index (κ2) is 11.5. The first kappa shape index (κ1) is 28.7. The van der Waals surface area contributed by atoms with E-state index in [4.69, 9.17) is 23.2 Å². The van der Waals surface area contributed by atoms with E-state index in [0.717, 1.165) is 14.1 Å². The summed E-state index contributed by atoms with van der Waals surface area (Å²) in [4.78, 5) is 27.8. The summed E-state index contributed by atoms with van der Waals surface area (Å²) in [7, 11) is -3.78. The third-order valence-electron chi connectivity index (χ3n) is 4.82. The molecule has 7 nitrogen and oxygen atoms in total. The largest absolute Gasteiger partial charge is 0.350 e. The highest BCUT2D eigenvalue weighted by atomic mass is 127. The van der Waals surface area contributed by atoms with Crippen LogP contribution in [0.4, 0.5) is 5.69 Å². The number of hydrogen-bond donors (Lipinski definition) is 1. The van der Waals surface area contributed by atoms with Gasteiger partial charge in [0.05, 0.1) is 11.9 Å². The second-order valence-corrected chi connectivity index (χ2v) is 12.9. The molecule has 0 heterocycles. The van der Waals surface area contributed by atoms with Gasteiger partial charge in [-0.3, -0.25) is 13.9 Å². The molecule has 1 N–H and O–H groups in total. The van der Waals surface area contributed by atoms with Gasteiger partial charge in [-0.05, 0) is 92.2 Å². The summed E-state index contributed by atoms with van der Waals surface area (Å²) in [6.45, 7) is 6.63. The summed E-state index contributed by atoms with van der Waals surface area (Å²) in [5.41, 5.74) is 0.417. The van der Waals surface area contributed by atoms with Crippen LogP contribution >= 0.6 is 45.8 Å². The number of rotatable bonds is 8. The van der Waals surface area contributed by atoms with Crippen molar-refractivity contribution in [1.82, 2.24) is 10.2 Å². The Morgan fingerprint density at radius 1 is 1.09 bits per heavy atom. The Labute approximate surface area is 225 Å². The third kappa shape index (κ3) is 8.28. The lowest BCUT2D eigenvalue weighted by Gasteiger charge is -2.33. The van der Waals surface area contributed by atoms with Crippen LogP contribution in [0, 0.1) is 3.57 Å². The quantitative estimate of drug-likeness (QED) is 0.425. The molecule has 2 amide bonds. The molecule has 2 rings (SSSR count). The highest BCUT2D eigenvalue weighted by Crippen LogP contribution is 2.24. The molecule has 0 fully saturated rings. The Morgan fingerprint density at radius 3 is 2.18 bits per heavy atom. The fourth-order valence-corrected chi connectivity index (χ4v) is 4.79. The first-order valence-corrected chi connectivity index (χ1v) is 14.1. The number of halogens is 3. The number of carbonyl (C=O) groups excluding carboxylic acids is 2. The van der Waals surface area contributed by atoms with E-state index in [9.17, 15) is 18.0 Å². The van der Waals surface area contributed by atoms with Crippen molar-refractivity contribution >= 4 is 73.3 Å². The van der Waals surface area contributed by atoms with E-state index in [1.165, 1.54) is 4.90 Å². The zero-order valence-electron chi connectivity index (χ0n) is 19.6. The van der Waals surface area contributed by atoms with Crippen molar-refractivity contribution in [2.75, 3.05) is 17.1 Å². The van der Waals surface area contributed by atoms with E-state index >= 15 is 0 Å². The minimum absolute atomic E-state index is 0.00213. The molecule has 0 spiro atoms. The number of benzene rings is 2. The number of nitrogens with zero attached hydrogens (tertiary/aromatic N) is 2. The fourth-order valence-electron chi connectivity index (χ4n) is 3.11. The zero-order valence-corrected chi connectivity index (χ0v) is 24.1. The Bertz CT molecular complexity index is 1150. The Morgan fingerprint density at radius 2 is 1.68 bits per heavy atom. The molecule has 2 aromatic carbocycles. The number of sulfonamides is 1. The second-order valence-electron chi connectivity index (χ2n) is 8.92. The molecule has 1 atom stereocenters. The molecule has 11 heteroatoms. The molecular weight excluding hydrogens is 612 g/mol. The van der Waals surface area contributed by atoms with Crippen LogP contribution in [0.25, 0.3) is 0 Å². The smallest absolute Gasteiger partial charge is 0.244 e. The van der Waals surface area contributed by atoms with E-state index in [-0.39, 0.29) is 12.5 Å². The summed E-state index contributed by atoms with van der Waals surface area (Å²) in [6.07, 6.45) is 1.04. The van der Waals surface area contributed by atoms with Crippen molar-refractivity contribution in [1.29, 1.82) is 0 Å². The van der Waals surface area contributed by atoms with Crippen LogP contribution in [0.3, 0.4) is 0 Å². The standard InChI is InChI=1S/C23H28Cl2IN3O4S/c1-15(22(31)27-23(2,3)4)28(13-16-6-7-17(24)12-20(16)25)21(30)14-29(34(5,32)33)19-10-8-18(26)9-11-19/h6-12,15H,13-14H2,1-5H3,(H,27,31)/t15-/m1/s1. The number of carbonyl (C=O) groups is 2. The molecule has 0 radical (unpaired) electrons. The van der Waals surface area contributed by atoms with Crippen molar-refractivity contribution in [3.05, 3.63) is 61.6 Å². The van der Waals surface area contributed by atoms with Gasteiger partial charge in [0, 0.05) is 25.7 Å². The Balaban J connectivity index is 2.43. The number of nitrogens with one attached hydrogen (secondary N) is 1. The van der Waals surface area contributed by atoms with Crippen molar-refractivity contribution in [3.8, 4) is 0 Å². The summed E-state index contributed by atoms with van der Waals surface area (Å²) >= 11 is 14.4. The lowest BCUT2D eigenvalue weighted by Crippen LogP contribution is -2.54. The van der Waals surface area contributed by atoms with Gasteiger partial charge in [-0.25, -0.2) is 8.42 Å². The average molecular weight is 640 g/mol. The van der Waals surface area contributed by atoms with Gasteiger partial charge in [-0.15, -0.1) is 0 Å². The van der Waals surface area contributed by atoms with Crippen LogP contribution in [-0.2, 0) is 26.2 Å². The van der Waals surface area contributed by atoms with Crippen molar-refractivity contribution < 1.29 is 18.0 Å². The van der Waals surface area contributed by atoms with Gasteiger partial charge < -0.3 is 10.2 Å². The molecule has 186 valence electrons. The molecule has 0 unspecified atom stereocenters. The summed E-state index contributed by atoms with van der Waals surface area (Å²) < 4.78 is 27.1. The molecule has 2 aromatic rings. The molecule has 0 saturated carbocycles. The van der Waals surface area contributed by atoms with Gasteiger partial charge in [0.25, 0.3) is 0 Å². The van der Waals surface area contributed by atoms with Gasteiger partial charge in [-0.1, -0.05) is 29.3 Å². The monoisotopic (exact) mass is 639 g/mol. The normalized spacial score (nSPS) is 12.7. The maximum atomic E-state index is 13.5. The highest BCUT2D eigenvalue weighted by molar-refractivity contribution is 14.1. The topological polar surface area (TPSA) is 86.8 Å². The van der Waals surface area contributed by atoms with Crippen LogP contribution < -0.4 is 9.62 Å². The summed E-state index contributed by atoms with van der Waals surface area (Å²) in [6, 6.07) is 10.7. The summed E-state index contributed by atoms with van der Waals surface area (Å²) in [5.74, 6) is -0.919. The molecule has 0 bridgehead atoms. The number of hydrogen-bond acceptors (Lipinski definition) is 4. The van der Waals surface area contributed by atoms with Crippen LogP contribution in [0.5, 0.6) is 0 Å². The first-order chi connectivity index (χ1) is 15.6. The van der Waals surface area contributed by atoms with Crippen LogP contribution in [0.15, 0.2) is 42.5 Å². The van der Waals surface area contributed by atoms with Gasteiger partial charge >= 0.3 is 0 Å². The van der Waals surface area contributed by atoms with Crippen molar-refractivity contribution in [2.24, 2.45) is 0 Å². The molecule has 0 aliphatic rings. The average Bonchev–Trinajstić information content (AvgIpc) is 2.69. The van der Waals surface area contributed by atoms with Gasteiger partial charge in [0.2, 0.25) is 21.8 Å². The predicted molar refractivity (Wildman–Crippen MR) is 146 cm³/mol. The van der Waals surface area contributed by atoms with Crippen LogP contribution in [0.1, 0.15) is 33.3 Å². The maximum Gasteiger partial charge on any atom is 0.244 e. The van der Waals surface area contributed by atoms with Gasteiger partial charge in [0.1, 0.15) is 12.6 Å². The molecule has 0 aromatic heterocycles. The minimum atomic E-state index is -3.78. The van der Waals surface area contributed by atoms with E-state index < -0.39 is 34.1 Å². The van der Waals surface area contributed by atoms with E-state index in [1.807, 2.05) is 20.8 Å². The first-order valence-electron chi connectivity index (χ1n) is 10.4. The van der Waals surface area contributed by atoms with Crippen LogP contribution in [0.2, 0.25) is 10.0 Å².